The second-order valence-corrected chi connectivity index (χ2v) is 6.55. The van der Waals surface area contributed by atoms with Crippen LogP contribution in [0.1, 0.15) is 41.7 Å². The van der Waals surface area contributed by atoms with Crippen LogP contribution in [0.2, 0.25) is 0 Å². The fraction of sp³-hybridized carbons (Fsp3) is 0.562. The molecule has 0 unspecified atom stereocenters. The first-order valence-electron chi connectivity index (χ1n) is 7.82. The maximum absolute atomic E-state index is 5.37. The quantitative estimate of drug-likeness (QED) is 0.820. The molecule has 1 aliphatic heterocycles. The van der Waals surface area contributed by atoms with Gasteiger partial charge in [0.25, 0.3) is 0 Å². The number of fused-ring (bicyclic) bond motifs is 1. The van der Waals surface area contributed by atoms with E-state index in [4.69, 9.17) is 9.72 Å². The summed E-state index contributed by atoms with van der Waals surface area (Å²) in [6.45, 7) is 4.95. The number of hydrogen-bond donors (Lipinski definition) is 0. The van der Waals surface area contributed by atoms with Gasteiger partial charge in [-0.3, -0.25) is 4.90 Å². The predicted octanol–water partition coefficient (Wildman–Crippen LogP) is 2.84. The average Bonchev–Trinajstić information content (AvgIpc) is 2.99. The molecule has 0 spiro atoms. The summed E-state index contributed by atoms with van der Waals surface area (Å²) in [5.41, 5.74) is 3.41. The summed E-state index contributed by atoms with van der Waals surface area (Å²) >= 11 is 1.78. The van der Waals surface area contributed by atoms with E-state index in [2.05, 4.69) is 27.2 Å². The van der Waals surface area contributed by atoms with E-state index in [0.717, 1.165) is 43.7 Å². The lowest BCUT2D eigenvalue weighted by Crippen LogP contribution is -2.31. The van der Waals surface area contributed by atoms with Gasteiger partial charge < -0.3 is 4.74 Å². The molecule has 5 nitrogen and oxygen atoms in total. The minimum atomic E-state index is 0.705. The Labute approximate surface area is 135 Å². The number of aromatic nitrogens is 3. The van der Waals surface area contributed by atoms with Crippen LogP contribution < -0.4 is 4.74 Å². The predicted molar refractivity (Wildman–Crippen MR) is 87.1 cm³/mol. The second kappa shape index (κ2) is 7.15. The minimum absolute atomic E-state index is 0.705. The maximum Gasteiger partial charge on any atom is 0.220 e. The summed E-state index contributed by atoms with van der Waals surface area (Å²) in [6, 6.07) is 0. The zero-order chi connectivity index (χ0) is 15.4. The monoisotopic (exact) mass is 318 g/mol. The molecule has 0 atom stereocenters. The molecule has 0 saturated carbocycles. The van der Waals surface area contributed by atoms with Crippen LogP contribution >= 0.6 is 11.3 Å². The molecular weight excluding hydrogens is 296 g/mol. The number of unbranched alkanes of at least 4 members (excludes halogenated alkanes) is 1. The highest BCUT2D eigenvalue weighted by Gasteiger charge is 2.22. The molecule has 0 N–H and O–H groups in total. The van der Waals surface area contributed by atoms with E-state index in [0.29, 0.717) is 5.88 Å². The molecule has 1 aliphatic rings. The van der Waals surface area contributed by atoms with Gasteiger partial charge in [-0.15, -0.1) is 11.3 Å². The highest BCUT2D eigenvalue weighted by atomic mass is 32.1. The van der Waals surface area contributed by atoms with Crippen molar-refractivity contribution in [2.45, 2.75) is 45.7 Å². The van der Waals surface area contributed by atoms with Crippen molar-refractivity contribution in [1.82, 2.24) is 19.9 Å². The van der Waals surface area contributed by atoms with E-state index in [1.165, 1.54) is 23.5 Å². The molecule has 0 amide bonds. The van der Waals surface area contributed by atoms with Crippen molar-refractivity contribution in [3.63, 3.8) is 0 Å². The Morgan fingerprint density at radius 2 is 2.27 bits per heavy atom. The van der Waals surface area contributed by atoms with Crippen molar-refractivity contribution in [1.29, 1.82) is 0 Å². The molecule has 2 aromatic heterocycles. The Morgan fingerprint density at radius 1 is 1.36 bits per heavy atom. The molecule has 6 heteroatoms. The number of hydrogen-bond acceptors (Lipinski definition) is 6. The van der Waals surface area contributed by atoms with Crippen molar-refractivity contribution in [3.05, 3.63) is 33.7 Å². The number of rotatable bonds is 6. The summed E-state index contributed by atoms with van der Waals surface area (Å²) in [5, 5.41) is 3.45. The minimum Gasteiger partial charge on any atom is -0.481 e. The molecule has 0 fully saturated rings. The number of aryl methyl sites for hydroxylation is 1. The topological polar surface area (TPSA) is 51.1 Å². The lowest BCUT2D eigenvalue weighted by atomic mass is 10.1. The van der Waals surface area contributed by atoms with E-state index in [1.807, 2.05) is 0 Å². The highest BCUT2D eigenvalue weighted by Crippen LogP contribution is 2.25. The third-order valence-corrected chi connectivity index (χ3v) is 4.92. The van der Waals surface area contributed by atoms with Gasteiger partial charge in [-0.2, -0.15) is 0 Å². The summed E-state index contributed by atoms with van der Waals surface area (Å²) < 4.78 is 5.37. The molecule has 0 bridgehead atoms. The fourth-order valence-corrected chi connectivity index (χ4v) is 3.61. The van der Waals surface area contributed by atoms with Crippen LogP contribution in [-0.4, -0.2) is 33.5 Å². The van der Waals surface area contributed by atoms with Gasteiger partial charge in [-0.05, 0) is 12.8 Å². The molecule has 0 saturated heterocycles. The Bertz CT molecular complexity index is 614. The first-order valence-corrected chi connectivity index (χ1v) is 8.70. The van der Waals surface area contributed by atoms with E-state index in [9.17, 15) is 0 Å². The second-order valence-electron chi connectivity index (χ2n) is 5.60. The normalized spacial score (nSPS) is 14.8. The van der Waals surface area contributed by atoms with Crippen LogP contribution in [-0.2, 0) is 25.9 Å². The van der Waals surface area contributed by atoms with Gasteiger partial charge in [0.05, 0.1) is 23.5 Å². The summed E-state index contributed by atoms with van der Waals surface area (Å²) in [5.74, 6) is 0.705. The Kier molecular flexibility index (Phi) is 5.00. The summed E-state index contributed by atoms with van der Waals surface area (Å²) in [6.07, 6.45) is 6.08. The van der Waals surface area contributed by atoms with Crippen molar-refractivity contribution >= 4 is 11.3 Å². The number of methoxy groups -OCH3 is 1. The van der Waals surface area contributed by atoms with Crippen LogP contribution in [0.3, 0.4) is 0 Å². The zero-order valence-electron chi connectivity index (χ0n) is 13.2. The van der Waals surface area contributed by atoms with Gasteiger partial charge >= 0.3 is 0 Å². The molecule has 118 valence electrons. The molecular formula is C16H22N4OS. The highest BCUT2D eigenvalue weighted by molar-refractivity contribution is 7.09. The number of nitrogens with zero attached hydrogens (tertiary/aromatic N) is 4. The molecule has 2 aromatic rings. The van der Waals surface area contributed by atoms with Gasteiger partial charge in [0, 0.05) is 37.0 Å². The van der Waals surface area contributed by atoms with Gasteiger partial charge in [0.2, 0.25) is 5.88 Å². The van der Waals surface area contributed by atoms with E-state index in [1.54, 1.807) is 24.8 Å². The van der Waals surface area contributed by atoms with Crippen molar-refractivity contribution in [3.8, 4) is 5.88 Å². The first-order chi connectivity index (χ1) is 10.8. The lowest BCUT2D eigenvalue weighted by molar-refractivity contribution is 0.233. The molecule has 0 aliphatic carbocycles. The van der Waals surface area contributed by atoms with Crippen LogP contribution in [0.5, 0.6) is 5.88 Å². The van der Waals surface area contributed by atoms with Crippen molar-refractivity contribution in [2.75, 3.05) is 13.7 Å². The third kappa shape index (κ3) is 3.44. The van der Waals surface area contributed by atoms with Crippen LogP contribution in [0.4, 0.5) is 0 Å². The Morgan fingerprint density at radius 3 is 3.09 bits per heavy atom. The third-order valence-electron chi connectivity index (χ3n) is 3.96. The fourth-order valence-electron chi connectivity index (χ4n) is 2.78. The Balaban J connectivity index is 1.66. The van der Waals surface area contributed by atoms with Crippen LogP contribution in [0, 0.1) is 0 Å². The van der Waals surface area contributed by atoms with Gasteiger partial charge in [-0.1, -0.05) is 13.3 Å². The number of ether oxygens (including phenoxy) is 1. The number of thiazole rings is 1. The summed E-state index contributed by atoms with van der Waals surface area (Å²) in [7, 11) is 1.67. The Hall–Kier alpha value is -1.53. The summed E-state index contributed by atoms with van der Waals surface area (Å²) in [4.78, 5) is 15.7. The standard InChI is InChI=1S/C16H22N4OS/c1-3-4-5-15-19-12(10-22-15)8-20-7-6-14-13(9-20)16(21-2)18-11-17-14/h10-11H,3-9H2,1-2H3. The van der Waals surface area contributed by atoms with Crippen LogP contribution in [0.15, 0.2) is 11.7 Å². The largest absolute Gasteiger partial charge is 0.481 e. The van der Waals surface area contributed by atoms with Gasteiger partial charge in [0.1, 0.15) is 6.33 Å². The van der Waals surface area contributed by atoms with E-state index >= 15 is 0 Å². The zero-order valence-corrected chi connectivity index (χ0v) is 14.0. The molecule has 22 heavy (non-hydrogen) atoms. The van der Waals surface area contributed by atoms with Crippen molar-refractivity contribution < 1.29 is 4.74 Å². The van der Waals surface area contributed by atoms with Gasteiger partial charge in [-0.25, -0.2) is 15.0 Å². The van der Waals surface area contributed by atoms with E-state index < -0.39 is 0 Å². The van der Waals surface area contributed by atoms with Crippen molar-refractivity contribution in [2.24, 2.45) is 0 Å². The molecule has 0 radical (unpaired) electrons. The molecule has 3 rings (SSSR count). The average molecular weight is 318 g/mol. The molecule has 3 heterocycles. The SMILES string of the molecule is CCCCc1nc(CN2CCc3ncnc(OC)c3C2)cs1. The first kappa shape index (κ1) is 15.4. The molecule has 0 aromatic carbocycles. The van der Waals surface area contributed by atoms with E-state index in [-0.39, 0.29) is 0 Å². The smallest absolute Gasteiger partial charge is 0.220 e. The van der Waals surface area contributed by atoms with Crippen LogP contribution in [0.25, 0.3) is 0 Å². The van der Waals surface area contributed by atoms with Gasteiger partial charge in [0.15, 0.2) is 0 Å². The lowest BCUT2D eigenvalue weighted by Gasteiger charge is -2.27. The maximum atomic E-state index is 5.37.